The Morgan fingerprint density at radius 1 is 1.58 bits per heavy atom. The second kappa shape index (κ2) is 3.29. The van der Waals surface area contributed by atoms with Crippen LogP contribution in [0.15, 0.2) is 16.5 Å². The molecule has 0 spiro atoms. The Hall–Kier alpha value is -0.800. The summed E-state index contributed by atoms with van der Waals surface area (Å²) in [5, 5.41) is 12.1. The summed E-state index contributed by atoms with van der Waals surface area (Å²) in [5.74, 6) is 1.61. The molecule has 3 nitrogen and oxygen atoms in total. The summed E-state index contributed by atoms with van der Waals surface area (Å²) in [5.41, 5.74) is 0. The van der Waals surface area contributed by atoms with E-state index in [0.717, 1.165) is 18.7 Å². The van der Waals surface area contributed by atoms with Crippen LogP contribution in [0, 0.1) is 0 Å². The topological polar surface area (TPSA) is 45.4 Å². The molecule has 1 aliphatic rings. The van der Waals surface area contributed by atoms with Crippen LogP contribution in [0.4, 0.5) is 0 Å². The Kier molecular flexibility index (Phi) is 2.15. The lowest BCUT2D eigenvalue weighted by atomic mass is 10.2. The van der Waals surface area contributed by atoms with Crippen LogP contribution in [0.5, 0.6) is 0 Å². The summed E-state index contributed by atoms with van der Waals surface area (Å²) in [6, 6.07) is 4.13. The van der Waals surface area contributed by atoms with E-state index in [1.54, 1.807) is 0 Å². The summed E-state index contributed by atoms with van der Waals surface area (Å²) < 4.78 is 5.40. The van der Waals surface area contributed by atoms with E-state index in [-0.39, 0.29) is 6.61 Å². The monoisotopic (exact) mass is 167 g/mol. The Morgan fingerprint density at radius 3 is 3.08 bits per heavy atom. The molecule has 12 heavy (non-hydrogen) atoms. The highest BCUT2D eigenvalue weighted by molar-refractivity contribution is 5.11. The van der Waals surface area contributed by atoms with Gasteiger partial charge in [0.15, 0.2) is 0 Å². The third-order valence-electron chi connectivity index (χ3n) is 2.24. The molecule has 1 aromatic rings. The van der Waals surface area contributed by atoms with Gasteiger partial charge in [-0.2, -0.15) is 0 Å². The summed E-state index contributed by atoms with van der Waals surface area (Å²) in [6.45, 7) is 1.06. The number of furan rings is 1. The maximum absolute atomic E-state index is 8.78. The van der Waals surface area contributed by atoms with Gasteiger partial charge in [-0.3, -0.25) is 0 Å². The van der Waals surface area contributed by atoms with Gasteiger partial charge in [0.05, 0.1) is 6.04 Å². The van der Waals surface area contributed by atoms with Crippen molar-refractivity contribution in [2.75, 3.05) is 6.54 Å². The Labute approximate surface area is 71.4 Å². The van der Waals surface area contributed by atoms with Crippen molar-refractivity contribution in [3.63, 3.8) is 0 Å². The predicted molar refractivity (Wildman–Crippen MR) is 44.6 cm³/mol. The van der Waals surface area contributed by atoms with Crippen LogP contribution in [0.1, 0.15) is 30.4 Å². The summed E-state index contributed by atoms with van der Waals surface area (Å²) >= 11 is 0. The molecule has 0 aliphatic carbocycles. The molecule has 3 heteroatoms. The third-order valence-corrected chi connectivity index (χ3v) is 2.24. The van der Waals surface area contributed by atoms with E-state index >= 15 is 0 Å². The standard InChI is InChI=1S/C9H13NO2/c11-6-7-3-4-9(12-7)8-2-1-5-10-8/h3-4,8,10-11H,1-2,5-6H2/t8-/m0/s1. The number of aliphatic hydroxyl groups is 1. The fourth-order valence-corrected chi connectivity index (χ4v) is 1.59. The van der Waals surface area contributed by atoms with Crippen molar-refractivity contribution in [1.82, 2.24) is 5.32 Å². The quantitative estimate of drug-likeness (QED) is 0.695. The summed E-state index contributed by atoms with van der Waals surface area (Å²) in [4.78, 5) is 0. The first kappa shape index (κ1) is 7.83. The van der Waals surface area contributed by atoms with Crippen LogP contribution >= 0.6 is 0 Å². The Balaban J connectivity index is 2.11. The number of rotatable bonds is 2. The molecule has 0 amide bonds. The Bertz CT molecular complexity index is 251. The van der Waals surface area contributed by atoms with Gasteiger partial charge in [-0.15, -0.1) is 0 Å². The zero-order valence-corrected chi connectivity index (χ0v) is 6.92. The van der Waals surface area contributed by atoms with Crippen molar-refractivity contribution in [3.8, 4) is 0 Å². The molecule has 2 rings (SSSR count). The molecule has 1 saturated heterocycles. The average Bonchev–Trinajstić information content (AvgIpc) is 2.75. The maximum Gasteiger partial charge on any atom is 0.129 e. The first-order chi connectivity index (χ1) is 5.90. The van der Waals surface area contributed by atoms with E-state index in [1.807, 2.05) is 12.1 Å². The molecule has 1 fully saturated rings. The molecule has 0 aromatic carbocycles. The van der Waals surface area contributed by atoms with E-state index in [0.29, 0.717) is 11.8 Å². The molecule has 1 atom stereocenters. The highest BCUT2D eigenvalue weighted by atomic mass is 16.4. The molecule has 0 bridgehead atoms. The summed E-state index contributed by atoms with van der Waals surface area (Å²) in [7, 11) is 0. The van der Waals surface area contributed by atoms with Gasteiger partial charge in [0.1, 0.15) is 18.1 Å². The second-order valence-electron chi connectivity index (χ2n) is 3.11. The van der Waals surface area contributed by atoms with Gasteiger partial charge >= 0.3 is 0 Å². The van der Waals surface area contributed by atoms with E-state index in [1.165, 1.54) is 6.42 Å². The normalized spacial score (nSPS) is 23.2. The number of hydrogen-bond donors (Lipinski definition) is 2. The second-order valence-corrected chi connectivity index (χ2v) is 3.11. The molecular weight excluding hydrogens is 154 g/mol. The molecule has 2 heterocycles. The average molecular weight is 167 g/mol. The minimum absolute atomic E-state index is 0.00722. The van der Waals surface area contributed by atoms with Gasteiger partial charge in [-0.1, -0.05) is 0 Å². The van der Waals surface area contributed by atoms with Crippen LogP contribution < -0.4 is 5.32 Å². The van der Waals surface area contributed by atoms with Crippen molar-refractivity contribution < 1.29 is 9.52 Å². The zero-order valence-electron chi connectivity index (χ0n) is 6.92. The fourth-order valence-electron chi connectivity index (χ4n) is 1.59. The predicted octanol–water partition coefficient (Wildman–Crippen LogP) is 1.20. The third kappa shape index (κ3) is 1.38. The van der Waals surface area contributed by atoms with Crippen LogP contribution in [0.3, 0.4) is 0 Å². The van der Waals surface area contributed by atoms with Crippen molar-refractivity contribution in [2.24, 2.45) is 0 Å². The highest BCUT2D eigenvalue weighted by Gasteiger charge is 2.18. The van der Waals surface area contributed by atoms with Crippen LogP contribution in [0.2, 0.25) is 0 Å². The van der Waals surface area contributed by atoms with Gasteiger partial charge in [0, 0.05) is 0 Å². The van der Waals surface area contributed by atoms with Crippen LogP contribution in [-0.4, -0.2) is 11.7 Å². The summed E-state index contributed by atoms with van der Waals surface area (Å²) in [6.07, 6.45) is 2.35. The molecule has 2 N–H and O–H groups in total. The van der Waals surface area contributed by atoms with Crippen molar-refractivity contribution >= 4 is 0 Å². The molecule has 0 saturated carbocycles. The smallest absolute Gasteiger partial charge is 0.129 e. The fraction of sp³-hybridized carbons (Fsp3) is 0.556. The van der Waals surface area contributed by atoms with Gasteiger partial charge < -0.3 is 14.8 Å². The molecule has 0 radical (unpaired) electrons. The van der Waals surface area contributed by atoms with E-state index < -0.39 is 0 Å². The first-order valence-electron chi connectivity index (χ1n) is 4.33. The highest BCUT2D eigenvalue weighted by Crippen LogP contribution is 2.24. The van der Waals surface area contributed by atoms with E-state index in [4.69, 9.17) is 9.52 Å². The SMILES string of the molecule is OCc1ccc([C@@H]2CCCN2)o1. The number of hydrogen-bond acceptors (Lipinski definition) is 3. The van der Waals surface area contributed by atoms with Gasteiger partial charge in [-0.25, -0.2) is 0 Å². The molecule has 0 unspecified atom stereocenters. The minimum atomic E-state index is -0.00722. The van der Waals surface area contributed by atoms with Crippen LogP contribution in [-0.2, 0) is 6.61 Å². The van der Waals surface area contributed by atoms with Crippen LogP contribution in [0.25, 0.3) is 0 Å². The Morgan fingerprint density at radius 2 is 2.50 bits per heavy atom. The molecule has 66 valence electrons. The molecule has 1 aromatic heterocycles. The molecule has 1 aliphatic heterocycles. The first-order valence-corrected chi connectivity index (χ1v) is 4.33. The van der Waals surface area contributed by atoms with Crippen molar-refractivity contribution in [3.05, 3.63) is 23.7 Å². The van der Waals surface area contributed by atoms with Gasteiger partial charge in [-0.05, 0) is 31.5 Å². The van der Waals surface area contributed by atoms with Gasteiger partial charge in [0.25, 0.3) is 0 Å². The minimum Gasteiger partial charge on any atom is -0.462 e. The largest absolute Gasteiger partial charge is 0.462 e. The van der Waals surface area contributed by atoms with Crippen molar-refractivity contribution in [1.29, 1.82) is 0 Å². The number of aliphatic hydroxyl groups excluding tert-OH is 1. The molecular formula is C9H13NO2. The lowest BCUT2D eigenvalue weighted by molar-refractivity contribution is 0.240. The van der Waals surface area contributed by atoms with E-state index in [2.05, 4.69) is 5.32 Å². The maximum atomic E-state index is 8.78. The lowest BCUT2D eigenvalue weighted by Gasteiger charge is -2.04. The van der Waals surface area contributed by atoms with Gasteiger partial charge in [0.2, 0.25) is 0 Å². The van der Waals surface area contributed by atoms with E-state index in [9.17, 15) is 0 Å². The number of nitrogens with one attached hydrogen (secondary N) is 1. The van der Waals surface area contributed by atoms with Crippen molar-refractivity contribution in [2.45, 2.75) is 25.5 Å². The lowest BCUT2D eigenvalue weighted by Crippen LogP contribution is -2.11. The zero-order chi connectivity index (χ0) is 8.39.